The molecule has 0 aliphatic heterocycles. The van der Waals surface area contributed by atoms with E-state index in [1.165, 1.54) is 28.3 Å². The van der Waals surface area contributed by atoms with Crippen LogP contribution in [0.2, 0.25) is 0 Å². The molecule has 0 heteroatoms. The lowest BCUT2D eigenvalue weighted by Crippen LogP contribution is -2.12. The highest BCUT2D eigenvalue weighted by atomic mass is 14.2. The van der Waals surface area contributed by atoms with Gasteiger partial charge in [-0.1, -0.05) is 93.1 Å². The highest BCUT2D eigenvalue weighted by Crippen LogP contribution is 2.34. The van der Waals surface area contributed by atoms with Crippen LogP contribution in [0.3, 0.4) is 0 Å². The van der Waals surface area contributed by atoms with Gasteiger partial charge in [-0.3, -0.25) is 0 Å². The first-order chi connectivity index (χ1) is 10.8. The average Bonchev–Trinajstić information content (AvgIpc) is 2.59. The maximum Gasteiger partial charge on any atom is -0.00897 e. The van der Waals surface area contributed by atoms with Crippen LogP contribution in [0.1, 0.15) is 37.3 Å². The van der Waals surface area contributed by atoms with Crippen LogP contribution in [0, 0.1) is 5.92 Å². The van der Waals surface area contributed by atoms with Crippen molar-refractivity contribution in [3.63, 3.8) is 0 Å². The first kappa shape index (κ1) is 14.8. The molecule has 2 unspecified atom stereocenters. The molecule has 112 valence electrons. The lowest BCUT2D eigenvalue weighted by Gasteiger charge is -2.25. The van der Waals surface area contributed by atoms with E-state index in [-0.39, 0.29) is 0 Å². The van der Waals surface area contributed by atoms with Crippen LogP contribution in [0.5, 0.6) is 0 Å². The van der Waals surface area contributed by atoms with Gasteiger partial charge < -0.3 is 0 Å². The van der Waals surface area contributed by atoms with Crippen molar-refractivity contribution in [2.24, 2.45) is 5.92 Å². The highest BCUT2D eigenvalue weighted by molar-refractivity contribution is 5.86. The third-order valence-corrected chi connectivity index (χ3v) is 4.85. The van der Waals surface area contributed by atoms with Gasteiger partial charge in [-0.15, -0.1) is 0 Å². The molecular weight excluding hydrogens is 264 g/mol. The Balaban J connectivity index is 2.04. The van der Waals surface area contributed by atoms with E-state index in [1.54, 1.807) is 0 Å². The molecule has 0 spiro atoms. The fourth-order valence-corrected chi connectivity index (χ4v) is 3.34. The molecule has 0 nitrogen and oxygen atoms in total. The molecule has 0 aliphatic carbocycles. The van der Waals surface area contributed by atoms with Crippen LogP contribution in [0.4, 0.5) is 0 Å². The minimum Gasteiger partial charge on any atom is -0.0651 e. The molecule has 0 aliphatic rings. The van der Waals surface area contributed by atoms with E-state index in [2.05, 4.69) is 86.6 Å². The summed E-state index contributed by atoms with van der Waals surface area (Å²) in [5, 5.41) is 2.76. The number of hydrogen-bond donors (Lipinski definition) is 0. The monoisotopic (exact) mass is 288 g/mol. The van der Waals surface area contributed by atoms with E-state index in [4.69, 9.17) is 0 Å². The second-order valence-corrected chi connectivity index (χ2v) is 6.25. The van der Waals surface area contributed by atoms with Crippen LogP contribution in [0.25, 0.3) is 10.8 Å². The zero-order valence-electron chi connectivity index (χ0n) is 13.5. The van der Waals surface area contributed by atoms with Gasteiger partial charge in [-0.2, -0.15) is 0 Å². The van der Waals surface area contributed by atoms with Crippen LogP contribution < -0.4 is 0 Å². The van der Waals surface area contributed by atoms with Gasteiger partial charge in [0.15, 0.2) is 0 Å². The summed E-state index contributed by atoms with van der Waals surface area (Å²) < 4.78 is 0. The molecule has 0 N–H and O–H groups in total. The smallest absolute Gasteiger partial charge is 0.00897 e. The molecule has 2 atom stereocenters. The van der Waals surface area contributed by atoms with Crippen molar-refractivity contribution in [2.45, 2.75) is 32.6 Å². The quantitative estimate of drug-likeness (QED) is 0.523. The molecule has 0 saturated heterocycles. The number of hydrogen-bond acceptors (Lipinski definition) is 0. The van der Waals surface area contributed by atoms with E-state index in [0.717, 1.165) is 6.42 Å². The van der Waals surface area contributed by atoms with E-state index in [9.17, 15) is 0 Å². The molecule has 0 amide bonds. The van der Waals surface area contributed by atoms with Crippen LogP contribution in [-0.2, 0) is 6.42 Å². The van der Waals surface area contributed by atoms with Crippen molar-refractivity contribution in [3.05, 3.63) is 83.9 Å². The lowest BCUT2D eigenvalue weighted by molar-refractivity contribution is 0.445. The van der Waals surface area contributed by atoms with Crippen molar-refractivity contribution in [1.29, 1.82) is 0 Å². The van der Waals surface area contributed by atoms with E-state index in [1.807, 2.05) is 0 Å². The van der Waals surface area contributed by atoms with Gasteiger partial charge in [0.2, 0.25) is 0 Å². The molecule has 3 rings (SSSR count). The summed E-state index contributed by atoms with van der Waals surface area (Å²) in [4.78, 5) is 0. The van der Waals surface area contributed by atoms with Crippen LogP contribution in [0.15, 0.2) is 72.8 Å². The predicted octanol–water partition coefficient (Wildman–Crippen LogP) is 6.21. The van der Waals surface area contributed by atoms with Crippen LogP contribution >= 0.6 is 0 Å². The van der Waals surface area contributed by atoms with Gasteiger partial charge in [-0.25, -0.2) is 0 Å². The number of rotatable bonds is 5. The lowest BCUT2D eigenvalue weighted by atomic mass is 9.79. The third kappa shape index (κ3) is 3.06. The molecule has 0 heterocycles. The standard InChI is InChI=1S/C22H24/c1-3-17(2)22(16-18-10-5-4-6-11-18)21-15-9-13-19-12-7-8-14-20(19)21/h4-15,17,22H,3,16H2,1-2H3. The first-order valence-electron chi connectivity index (χ1n) is 8.31. The Morgan fingerprint density at radius 3 is 2.23 bits per heavy atom. The van der Waals surface area contributed by atoms with Gasteiger partial charge in [-0.05, 0) is 40.2 Å². The Bertz CT molecular complexity index is 722. The summed E-state index contributed by atoms with van der Waals surface area (Å²) >= 11 is 0. The van der Waals surface area contributed by atoms with Crippen molar-refractivity contribution >= 4 is 10.8 Å². The SMILES string of the molecule is CCC(C)C(Cc1ccccc1)c1cccc2ccccc12. The predicted molar refractivity (Wildman–Crippen MR) is 96.3 cm³/mol. The second kappa shape index (κ2) is 6.79. The molecule has 0 fully saturated rings. The van der Waals surface area contributed by atoms with Crippen molar-refractivity contribution < 1.29 is 0 Å². The maximum absolute atomic E-state index is 2.38. The summed E-state index contributed by atoms with van der Waals surface area (Å²) in [6.45, 7) is 4.68. The first-order valence-corrected chi connectivity index (χ1v) is 8.31. The van der Waals surface area contributed by atoms with Gasteiger partial charge in [0.25, 0.3) is 0 Å². The van der Waals surface area contributed by atoms with Gasteiger partial charge in [0.1, 0.15) is 0 Å². The van der Waals surface area contributed by atoms with Crippen molar-refractivity contribution in [1.82, 2.24) is 0 Å². The fourth-order valence-electron chi connectivity index (χ4n) is 3.34. The summed E-state index contributed by atoms with van der Waals surface area (Å²) in [5.41, 5.74) is 2.93. The molecule has 22 heavy (non-hydrogen) atoms. The van der Waals surface area contributed by atoms with E-state index < -0.39 is 0 Å². The Kier molecular flexibility index (Phi) is 4.58. The maximum atomic E-state index is 2.38. The molecule has 3 aromatic carbocycles. The molecule has 0 aromatic heterocycles. The average molecular weight is 288 g/mol. The minimum atomic E-state index is 0.568. The molecular formula is C22H24. The summed E-state index contributed by atoms with van der Waals surface area (Å²) in [5.74, 6) is 1.24. The second-order valence-electron chi connectivity index (χ2n) is 6.25. The van der Waals surface area contributed by atoms with Crippen molar-refractivity contribution in [3.8, 4) is 0 Å². The Morgan fingerprint density at radius 2 is 1.45 bits per heavy atom. The van der Waals surface area contributed by atoms with E-state index >= 15 is 0 Å². The third-order valence-electron chi connectivity index (χ3n) is 4.85. The van der Waals surface area contributed by atoms with Crippen LogP contribution in [-0.4, -0.2) is 0 Å². The molecule has 0 bridgehead atoms. The largest absolute Gasteiger partial charge is 0.0651 e. The number of fused-ring (bicyclic) bond motifs is 1. The zero-order valence-corrected chi connectivity index (χ0v) is 13.5. The molecule has 0 radical (unpaired) electrons. The normalized spacial score (nSPS) is 13.9. The highest BCUT2D eigenvalue weighted by Gasteiger charge is 2.20. The number of benzene rings is 3. The minimum absolute atomic E-state index is 0.568. The zero-order chi connectivity index (χ0) is 15.4. The van der Waals surface area contributed by atoms with Gasteiger partial charge in [0.05, 0.1) is 0 Å². The van der Waals surface area contributed by atoms with Gasteiger partial charge in [0, 0.05) is 0 Å². The van der Waals surface area contributed by atoms with Crippen molar-refractivity contribution in [2.75, 3.05) is 0 Å². The fraction of sp³-hybridized carbons (Fsp3) is 0.273. The molecule has 3 aromatic rings. The Morgan fingerprint density at radius 1 is 0.773 bits per heavy atom. The summed E-state index contributed by atoms with van der Waals surface area (Å²) in [6, 6.07) is 26.4. The summed E-state index contributed by atoms with van der Waals surface area (Å²) in [7, 11) is 0. The molecule has 0 saturated carbocycles. The van der Waals surface area contributed by atoms with E-state index in [0.29, 0.717) is 11.8 Å². The van der Waals surface area contributed by atoms with Gasteiger partial charge >= 0.3 is 0 Å². The topological polar surface area (TPSA) is 0 Å². The Labute approximate surface area is 133 Å². The summed E-state index contributed by atoms with van der Waals surface area (Å²) in [6.07, 6.45) is 2.32. The Hall–Kier alpha value is -2.08.